The zero-order valence-electron chi connectivity index (χ0n) is 7.25. The van der Waals surface area contributed by atoms with Crippen LogP contribution in [-0.4, -0.2) is 16.7 Å². The molecule has 1 aliphatic rings. The SMILES string of the molecule is O=C1C(Br)=C(Br)C(=O)c2c(O)cccc21. The summed E-state index contributed by atoms with van der Waals surface area (Å²) in [5.41, 5.74) is 0.271. The summed E-state index contributed by atoms with van der Waals surface area (Å²) in [6.07, 6.45) is 0. The van der Waals surface area contributed by atoms with E-state index in [9.17, 15) is 14.7 Å². The summed E-state index contributed by atoms with van der Waals surface area (Å²) in [5, 5.41) is 9.52. The third-order valence-electron chi connectivity index (χ3n) is 2.11. The standard InChI is InChI=1S/C10H4Br2O3/c11-7-8(12)10(15)6-4(9(7)14)2-1-3-5(6)13/h1-3,13H. The van der Waals surface area contributed by atoms with Crippen LogP contribution in [0.5, 0.6) is 5.75 Å². The highest BCUT2D eigenvalue weighted by molar-refractivity contribution is 9.14. The molecule has 0 saturated heterocycles. The predicted octanol–water partition coefficient (Wildman–Crippen LogP) is 2.77. The second kappa shape index (κ2) is 3.57. The second-order valence-corrected chi connectivity index (χ2v) is 4.57. The molecule has 0 fully saturated rings. The fourth-order valence-electron chi connectivity index (χ4n) is 1.40. The molecule has 0 spiro atoms. The minimum Gasteiger partial charge on any atom is -0.507 e. The summed E-state index contributed by atoms with van der Waals surface area (Å²) in [7, 11) is 0. The van der Waals surface area contributed by atoms with E-state index in [0.29, 0.717) is 0 Å². The largest absolute Gasteiger partial charge is 0.507 e. The Morgan fingerprint density at radius 3 is 2.27 bits per heavy atom. The first-order valence-electron chi connectivity index (χ1n) is 4.00. The number of hydrogen-bond acceptors (Lipinski definition) is 3. The van der Waals surface area contributed by atoms with Crippen molar-refractivity contribution in [2.75, 3.05) is 0 Å². The van der Waals surface area contributed by atoms with E-state index in [1.165, 1.54) is 18.2 Å². The fourth-order valence-corrected chi connectivity index (χ4v) is 2.17. The third-order valence-corrected chi connectivity index (χ3v) is 4.15. The van der Waals surface area contributed by atoms with Crippen molar-refractivity contribution in [3.63, 3.8) is 0 Å². The maximum atomic E-state index is 11.7. The summed E-state index contributed by atoms with van der Waals surface area (Å²) in [6.45, 7) is 0. The number of rotatable bonds is 0. The Balaban J connectivity index is 2.79. The van der Waals surface area contributed by atoms with Crippen molar-refractivity contribution in [1.29, 1.82) is 0 Å². The smallest absolute Gasteiger partial charge is 0.205 e. The van der Waals surface area contributed by atoms with Crippen molar-refractivity contribution in [2.45, 2.75) is 0 Å². The molecular weight excluding hydrogens is 328 g/mol. The van der Waals surface area contributed by atoms with Crippen LogP contribution in [0.15, 0.2) is 27.2 Å². The molecule has 0 bridgehead atoms. The summed E-state index contributed by atoms with van der Waals surface area (Å²) < 4.78 is 0.326. The van der Waals surface area contributed by atoms with Gasteiger partial charge in [-0.3, -0.25) is 9.59 Å². The quantitative estimate of drug-likeness (QED) is 0.795. The molecular formula is C10H4Br2O3. The molecule has 0 aromatic heterocycles. The van der Waals surface area contributed by atoms with Crippen LogP contribution >= 0.6 is 31.9 Å². The van der Waals surface area contributed by atoms with Crippen LogP contribution in [0.25, 0.3) is 0 Å². The molecule has 1 aliphatic carbocycles. The number of phenols is 1. The van der Waals surface area contributed by atoms with Gasteiger partial charge in [0.25, 0.3) is 0 Å². The van der Waals surface area contributed by atoms with Crippen molar-refractivity contribution < 1.29 is 14.7 Å². The lowest BCUT2D eigenvalue weighted by Crippen LogP contribution is -2.17. The molecule has 0 aliphatic heterocycles. The minimum atomic E-state index is -0.394. The Labute approximate surface area is 102 Å². The molecule has 3 nitrogen and oxygen atoms in total. The van der Waals surface area contributed by atoms with E-state index in [0.717, 1.165) is 0 Å². The van der Waals surface area contributed by atoms with Gasteiger partial charge in [-0.25, -0.2) is 0 Å². The van der Waals surface area contributed by atoms with Gasteiger partial charge in [0.1, 0.15) is 5.75 Å². The van der Waals surface area contributed by atoms with Crippen LogP contribution < -0.4 is 0 Å². The van der Waals surface area contributed by atoms with Crippen molar-refractivity contribution in [3.8, 4) is 5.75 Å². The van der Waals surface area contributed by atoms with Gasteiger partial charge in [-0.2, -0.15) is 0 Å². The van der Waals surface area contributed by atoms with Gasteiger partial charge in [0.2, 0.25) is 11.6 Å². The zero-order valence-corrected chi connectivity index (χ0v) is 10.4. The van der Waals surface area contributed by atoms with Crippen LogP contribution in [0.3, 0.4) is 0 Å². The Bertz CT molecular complexity index is 517. The molecule has 0 heterocycles. The first kappa shape index (κ1) is 10.6. The van der Waals surface area contributed by atoms with Crippen molar-refractivity contribution in [1.82, 2.24) is 0 Å². The molecule has 0 amide bonds. The number of ketones is 2. The molecule has 0 saturated carbocycles. The lowest BCUT2D eigenvalue weighted by molar-refractivity contribution is 0.0987. The molecule has 15 heavy (non-hydrogen) atoms. The normalized spacial score (nSPS) is 15.6. The molecule has 1 aromatic rings. The molecule has 0 unspecified atom stereocenters. The molecule has 5 heteroatoms. The Kier molecular flexibility index (Phi) is 2.52. The molecule has 2 rings (SSSR count). The average molecular weight is 332 g/mol. The van der Waals surface area contributed by atoms with E-state index in [2.05, 4.69) is 31.9 Å². The van der Waals surface area contributed by atoms with Gasteiger partial charge in [0.05, 0.1) is 14.5 Å². The van der Waals surface area contributed by atoms with Gasteiger partial charge < -0.3 is 5.11 Å². The number of allylic oxidation sites excluding steroid dienone is 2. The fraction of sp³-hybridized carbons (Fsp3) is 0. The Morgan fingerprint density at radius 2 is 1.60 bits per heavy atom. The lowest BCUT2D eigenvalue weighted by atomic mass is 9.94. The molecule has 0 radical (unpaired) electrons. The van der Waals surface area contributed by atoms with E-state index < -0.39 is 5.78 Å². The number of fused-ring (bicyclic) bond motifs is 1. The first-order valence-corrected chi connectivity index (χ1v) is 5.59. The number of carbonyl (C=O) groups is 2. The highest BCUT2D eigenvalue weighted by Gasteiger charge is 2.31. The highest BCUT2D eigenvalue weighted by Crippen LogP contribution is 2.36. The van der Waals surface area contributed by atoms with E-state index in [1.54, 1.807) is 0 Å². The van der Waals surface area contributed by atoms with Crippen LogP contribution in [0.4, 0.5) is 0 Å². The number of phenolic OH excluding ortho intramolecular Hbond substituents is 1. The third kappa shape index (κ3) is 1.46. The van der Waals surface area contributed by atoms with E-state index in [1.807, 2.05) is 0 Å². The van der Waals surface area contributed by atoms with Crippen molar-refractivity contribution >= 4 is 43.4 Å². The monoisotopic (exact) mass is 330 g/mol. The summed E-state index contributed by atoms with van der Waals surface area (Å²) >= 11 is 6.05. The first-order chi connectivity index (χ1) is 7.04. The number of halogens is 2. The average Bonchev–Trinajstić information content (AvgIpc) is 2.23. The lowest BCUT2D eigenvalue weighted by Gasteiger charge is -2.15. The number of benzene rings is 1. The minimum absolute atomic E-state index is 0.0533. The molecule has 1 N–H and O–H groups in total. The van der Waals surface area contributed by atoms with Crippen LogP contribution in [0, 0.1) is 0 Å². The van der Waals surface area contributed by atoms with Crippen LogP contribution in [0.2, 0.25) is 0 Å². The Hall–Kier alpha value is -0.940. The maximum Gasteiger partial charge on any atom is 0.205 e. The van der Waals surface area contributed by atoms with E-state index >= 15 is 0 Å². The number of Topliss-reactive ketones (excluding diaryl/α,β-unsaturated/α-hetero) is 2. The Morgan fingerprint density at radius 1 is 1.00 bits per heavy atom. The second-order valence-electron chi connectivity index (χ2n) is 2.99. The van der Waals surface area contributed by atoms with Crippen molar-refractivity contribution in [3.05, 3.63) is 38.3 Å². The van der Waals surface area contributed by atoms with Crippen molar-refractivity contribution in [2.24, 2.45) is 0 Å². The summed E-state index contributed by atoms with van der Waals surface area (Å²) in [4.78, 5) is 23.5. The highest BCUT2D eigenvalue weighted by atomic mass is 79.9. The topological polar surface area (TPSA) is 54.4 Å². The van der Waals surface area contributed by atoms with Gasteiger partial charge in [-0.1, -0.05) is 6.07 Å². The van der Waals surface area contributed by atoms with Crippen LogP contribution in [-0.2, 0) is 0 Å². The number of carbonyl (C=O) groups excluding carboxylic acids is 2. The van der Waals surface area contributed by atoms with Gasteiger partial charge in [0, 0.05) is 5.56 Å². The maximum absolute atomic E-state index is 11.7. The molecule has 1 aromatic carbocycles. The molecule has 76 valence electrons. The molecule has 0 atom stereocenters. The number of aromatic hydroxyl groups is 1. The summed E-state index contributed by atoms with van der Waals surface area (Å²) in [5.74, 6) is -0.884. The zero-order chi connectivity index (χ0) is 11.2. The van der Waals surface area contributed by atoms with Gasteiger partial charge in [0.15, 0.2) is 0 Å². The number of hydrogen-bond donors (Lipinski definition) is 1. The van der Waals surface area contributed by atoms with Crippen LogP contribution in [0.1, 0.15) is 20.7 Å². The van der Waals surface area contributed by atoms with E-state index in [-0.39, 0.29) is 31.6 Å². The van der Waals surface area contributed by atoms with Gasteiger partial charge in [-0.15, -0.1) is 0 Å². The summed E-state index contributed by atoms with van der Waals surface area (Å²) in [6, 6.07) is 4.42. The van der Waals surface area contributed by atoms with Gasteiger partial charge in [-0.05, 0) is 44.0 Å². The van der Waals surface area contributed by atoms with Gasteiger partial charge >= 0.3 is 0 Å². The predicted molar refractivity (Wildman–Crippen MR) is 61.6 cm³/mol. The van der Waals surface area contributed by atoms with E-state index in [4.69, 9.17) is 0 Å².